The third kappa shape index (κ3) is 6.29. The molecular weight excluding hydrogens is 565 g/mol. The highest BCUT2D eigenvalue weighted by Gasteiger charge is 2.57. The van der Waals surface area contributed by atoms with Crippen LogP contribution in [-0.2, 0) is 27.4 Å². The molecule has 2 fully saturated rings. The van der Waals surface area contributed by atoms with E-state index in [-0.39, 0.29) is 43.8 Å². The van der Waals surface area contributed by atoms with E-state index in [0.29, 0.717) is 30.8 Å². The number of carbonyl (C=O) groups is 2. The van der Waals surface area contributed by atoms with Crippen LogP contribution in [0, 0.1) is 17.8 Å². The molecule has 4 atom stereocenters. The number of allylic oxidation sites excluding steroid dienone is 1. The quantitative estimate of drug-likeness (QED) is 0.170. The molecule has 2 amide bonds. The molecule has 1 aliphatic carbocycles. The van der Waals surface area contributed by atoms with Gasteiger partial charge in [0.25, 0.3) is 0 Å². The summed E-state index contributed by atoms with van der Waals surface area (Å²) < 4.78 is 18.1. The molecule has 8 nitrogen and oxygen atoms in total. The van der Waals surface area contributed by atoms with Crippen LogP contribution < -0.4 is 4.74 Å². The largest absolute Gasteiger partial charge is 0.489 e. The number of carbonyl (C=O) groups excluding carboxylic acids is 2. The Morgan fingerprint density at radius 1 is 1.12 bits per heavy atom. The maximum Gasteiger partial charge on any atom is 0.455 e. The summed E-state index contributed by atoms with van der Waals surface area (Å²) in [6.45, 7) is 2.49. The summed E-state index contributed by atoms with van der Waals surface area (Å²) in [5.41, 5.74) is 3.12. The Labute approximate surface area is 255 Å². The van der Waals surface area contributed by atoms with Crippen LogP contribution in [0.15, 0.2) is 81.1 Å². The highest BCUT2D eigenvalue weighted by Crippen LogP contribution is 2.51. The van der Waals surface area contributed by atoms with Gasteiger partial charge in [0.1, 0.15) is 30.5 Å². The van der Waals surface area contributed by atoms with Crippen molar-refractivity contribution >= 4 is 36.3 Å². The Balaban J connectivity index is 1.29. The molecule has 43 heavy (non-hydrogen) atoms. The molecular formula is C33H36BNO7S. The minimum Gasteiger partial charge on any atom is -0.489 e. The first-order chi connectivity index (χ1) is 20.9. The number of amides is 2. The van der Waals surface area contributed by atoms with Crippen molar-refractivity contribution in [2.24, 2.45) is 17.8 Å². The normalized spacial score (nSPS) is 24.0. The number of para-hydroxylation sites is 1. The number of furan rings is 1. The lowest BCUT2D eigenvalue weighted by molar-refractivity contribution is -0.140. The zero-order chi connectivity index (χ0) is 29.9. The van der Waals surface area contributed by atoms with E-state index in [9.17, 15) is 19.7 Å². The van der Waals surface area contributed by atoms with Gasteiger partial charge in [-0.25, -0.2) is 0 Å². The van der Waals surface area contributed by atoms with Gasteiger partial charge in [0.15, 0.2) is 0 Å². The van der Waals surface area contributed by atoms with Crippen LogP contribution in [0.3, 0.4) is 0 Å². The number of thiophene rings is 1. The van der Waals surface area contributed by atoms with E-state index in [1.165, 1.54) is 16.2 Å². The van der Waals surface area contributed by atoms with Crippen LogP contribution in [0.1, 0.15) is 49.0 Å². The maximum atomic E-state index is 13.9. The second kappa shape index (κ2) is 13.1. The van der Waals surface area contributed by atoms with Gasteiger partial charge in [-0.3, -0.25) is 14.5 Å². The number of likely N-dealkylation sites (tertiary alicyclic amines) is 1. The molecule has 1 aromatic carbocycles. The van der Waals surface area contributed by atoms with Crippen molar-refractivity contribution in [3.63, 3.8) is 0 Å². The molecule has 3 aliphatic rings. The number of aliphatic hydroxyl groups is 1. The maximum absolute atomic E-state index is 13.9. The SMILES string of the molecule is CC/C(=C\c1ccc(CO)o1)CC[C@H]1OB(O)C[C@H]2C1=C(COc1ccccc1)C[C@H]1C(=O)N(Cc3cccs3)C(=O)[C@H]12. The van der Waals surface area contributed by atoms with Crippen molar-refractivity contribution in [2.45, 2.75) is 58.2 Å². The number of hydrogen-bond donors (Lipinski definition) is 2. The van der Waals surface area contributed by atoms with Gasteiger partial charge in [0, 0.05) is 4.88 Å². The third-order valence-corrected chi connectivity index (χ3v) is 9.68. The van der Waals surface area contributed by atoms with Crippen molar-refractivity contribution in [1.29, 1.82) is 0 Å². The summed E-state index contributed by atoms with van der Waals surface area (Å²) >= 11 is 1.53. The second-order valence-corrected chi connectivity index (χ2v) is 12.4. The van der Waals surface area contributed by atoms with Gasteiger partial charge >= 0.3 is 7.12 Å². The molecule has 0 spiro atoms. The van der Waals surface area contributed by atoms with E-state index in [2.05, 4.69) is 6.92 Å². The number of hydrogen-bond acceptors (Lipinski definition) is 8. The first kappa shape index (κ1) is 29.6. The summed E-state index contributed by atoms with van der Waals surface area (Å²) in [5, 5.41) is 22.2. The highest BCUT2D eigenvalue weighted by atomic mass is 32.1. The number of imide groups is 1. The predicted octanol–water partition coefficient (Wildman–Crippen LogP) is 5.48. The Bertz CT molecular complexity index is 1500. The fourth-order valence-corrected chi connectivity index (χ4v) is 7.48. The fourth-order valence-electron chi connectivity index (χ4n) is 6.79. The van der Waals surface area contributed by atoms with Crippen molar-refractivity contribution in [3.8, 4) is 5.75 Å². The Kier molecular flexibility index (Phi) is 9.00. The van der Waals surface area contributed by atoms with E-state index in [1.54, 1.807) is 6.07 Å². The molecule has 224 valence electrons. The summed E-state index contributed by atoms with van der Waals surface area (Å²) in [7, 11) is -1.03. The standard InChI is InChI=1S/C33H36BNO7S/c1-2-21(15-24-11-12-25(19-36)41-24)10-13-29-30-22(20-40-23-7-4-3-5-8-23)16-27-31(28(30)17-34(39)42-29)33(38)35(32(27)37)18-26-9-6-14-43-26/h3-9,11-12,14-15,27-29,31,36,39H,2,10,13,16-20H2,1H3/b21-15+/t27-,28+,29-,31-/m1/s1. The fraction of sp³-hybridized carbons (Fsp3) is 0.394. The van der Waals surface area contributed by atoms with E-state index >= 15 is 0 Å². The zero-order valence-electron chi connectivity index (χ0n) is 24.2. The smallest absolute Gasteiger partial charge is 0.455 e. The lowest BCUT2D eigenvalue weighted by Crippen LogP contribution is -2.46. The molecule has 0 bridgehead atoms. The zero-order valence-corrected chi connectivity index (χ0v) is 25.0. The number of benzene rings is 1. The van der Waals surface area contributed by atoms with Gasteiger partial charge in [-0.05, 0) is 90.9 Å². The molecule has 0 radical (unpaired) electrons. The third-order valence-electron chi connectivity index (χ3n) is 8.82. The molecule has 0 unspecified atom stereocenters. The predicted molar refractivity (Wildman–Crippen MR) is 164 cm³/mol. The number of fused-ring (bicyclic) bond motifs is 3. The van der Waals surface area contributed by atoms with Crippen molar-refractivity contribution in [1.82, 2.24) is 4.90 Å². The first-order valence-electron chi connectivity index (χ1n) is 14.9. The van der Waals surface area contributed by atoms with Crippen LogP contribution >= 0.6 is 11.3 Å². The molecule has 2 aliphatic heterocycles. The Hall–Kier alpha value is -3.44. The minimum absolute atomic E-state index is 0.144. The molecule has 2 aromatic heterocycles. The topological polar surface area (TPSA) is 109 Å². The average molecular weight is 602 g/mol. The lowest BCUT2D eigenvalue weighted by atomic mass is 9.58. The van der Waals surface area contributed by atoms with Gasteiger partial charge < -0.3 is 23.9 Å². The number of ether oxygens (including phenoxy) is 1. The molecule has 4 heterocycles. The monoisotopic (exact) mass is 601 g/mol. The van der Waals surface area contributed by atoms with E-state index in [4.69, 9.17) is 13.8 Å². The van der Waals surface area contributed by atoms with Gasteiger partial charge in [0.2, 0.25) is 11.8 Å². The van der Waals surface area contributed by atoms with Crippen LogP contribution in [0.2, 0.25) is 6.32 Å². The molecule has 3 aromatic rings. The molecule has 0 saturated carbocycles. The van der Waals surface area contributed by atoms with Gasteiger partial charge in [-0.1, -0.05) is 36.8 Å². The molecule has 6 rings (SSSR count). The molecule has 10 heteroatoms. The van der Waals surface area contributed by atoms with E-state index < -0.39 is 25.1 Å². The number of nitrogens with zero attached hydrogens (tertiary/aromatic N) is 1. The Morgan fingerprint density at radius 2 is 1.95 bits per heavy atom. The van der Waals surface area contributed by atoms with Gasteiger partial charge in [-0.15, -0.1) is 11.3 Å². The second-order valence-electron chi connectivity index (χ2n) is 11.4. The van der Waals surface area contributed by atoms with Gasteiger partial charge in [-0.2, -0.15) is 0 Å². The summed E-state index contributed by atoms with van der Waals surface area (Å²) in [6.07, 6.45) is 4.35. The van der Waals surface area contributed by atoms with Crippen molar-refractivity contribution < 1.29 is 33.5 Å². The Morgan fingerprint density at radius 3 is 2.67 bits per heavy atom. The minimum atomic E-state index is -1.03. The van der Waals surface area contributed by atoms with Crippen molar-refractivity contribution in [2.75, 3.05) is 6.61 Å². The van der Waals surface area contributed by atoms with E-state index in [0.717, 1.165) is 33.8 Å². The van der Waals surface area contributed by atoms with E-state index in [1.807, 2.05) is 60.0 Å². The molecule has 2 saturated heterocycles. The summed E-state index contributed by atoms with van der Waals surface area (Å²) in [6, 6.07) is 17.0. The van der Waals surface area contributed by atoms with Crippen LogP contribution in [0.25, 0.3) is 6.08 Å². The first-order valence-corrected chi connectivity index (χ1v) is 15.8. The van der Waals surface area contributed by atoms with Crippen LogP contribution in [-0.4, -0.2) is 46.7 Å². The lowest BCUT2D eigenvalue weighted by Gasteiger charge is -2.43. The number of rotatable bonds is 11. The van der Waals surface area contributed by atoms with Crippen LogP contribution in [0.4, 0.5) is 0 Å². The number of aliphatic hydroxyl groups excluding tert-OH is 1. The molecule has 2 N–H and O–H groups in total. The van der Waals surface area contributed by atoms with Crippen molar-refractivity contribution in [3.05, 3.63) is 93.1 Å². The van der Waals surface area contributed by atoms with Gasteiger partial charge in [0.05, 0.1) is 24.5 Å². The highest BCUT2D eigenvalue weighted by molar-refractivity contribution is 7.09. The summed E-state index contributed by atoms with van der Waals surface area (Å²) in [5.74, 6) is 0.309. The summed E-state index contributed by atoms with van der Waals surface area (Å²) in [4.78, 5) is 30.0. The van der Waals surface area contributed by atoms with Crippen LogP contribution in [0.5, 0.6) is 5.75 Å². The average Bonchev–Trinajstić information content (AvgIpc) is 3.76.